The molecule has 0 N–H and O–H groups in total. The van der Waals surface area contributed by atoms with Crippen LogP contribution in [0.1, 0.15) is 56.3 Å². The first-order valence-electron chi connectivity index (χ1n) is 9.29. The van der Waals surface area contributed by atoms with Gasteiger partial charge in [0.1, 0.15) is 11.5 Å². The third-order valence-corrected chi connectivity index (χ3v) is 4.11. The first-order valence-corrected chi connectivity index (χ1v) is 9.29. The number of unbranched alkanes of at least 4 members (excludes halogenated alkanes) is 3. The summed E-state index contributed by atoms with van der Waals surface area (Å²) in [5.74, 6) is 0.724. The molecule has 1 atom stereocenters. The van der Waals surface area contributed by atoms with Crippen molar-refractivity contribution in [2.75, 3.05) is 0 Å². The van der Waals surface area contributed by atoms with Gasteiger partial charge in [0, 0.05) is 0 Å². The Morgan fingerprint density at radius 1 is 1.00 bits per heavy atom. The van der Waals surface area contributed by atoms with Crippen LogP contribution < -0.4 is 9.47 Å². The highest BCUT2D eigenvalue weighted by Gasteiger charge is 2.09. The minimum absolute atomic E-state index is 0.155. The highest BCUT2D eigenvalue weighted by Crippen LogP contribution is 2.21. The van der Waals surface area contributed by atoms with Crippen molar-refractivity contribution < 1.29 is 19.1 Å². The molecule has 0 saturated heterocycles. The van der Waals surface area contributed by atoms with E-state index in [0.717, 1.165) is 12.2 Å². The van der Waals surface area contributed by atoms with Gasteiger partial charge in [-0.15, -0.1) is 0 Å². The fourth-order valence-corrected chi connectivity index (χ4v) is 2.63. The quantitative estimate of drug-likeness (QED) is 0.180. The van der Waals surface area contributed by atoms with Gasteiger partial charge in [-0.05, 0) is 68.3 Å². The van der Waals surface area contributed by atoms with Crippen molar-refractivity contribution in [3.8, 4) is 11.5 Å². The van der Waals surface area contributed by atoms with Crippen LogP contribution in [0, 0.1) is 0 Å². The summed E-state index contributed by atoms with van der Waals surface area (Å²) in [5, 5.41) is 0. The molecule has 0 heterocycles. The maximum Gasteiger partial charge on any atom is 0.343 e. The number of benzene rings is 2. The Hall–Kier alpha value is -2.91. The van der Waals surface area contributed by atoms with E-state index in [1.807, 2.05) is 0 Å². The van der Waals surface area contributed by atoms with Crippen LogP contribution in [0.5, 0.6) is 11.5 Å². The average Bonchev–Trinajstić information content (AvgIpc) is 2.67. The van der Waals surface area contributed by atoms with E-state index >= 15 is 0 Å². The van der Waals surface area contributed by atoms with Gasteiger partial charge in [0.15, 0.2) is 0 Å². The second-order valence-electron chi connectivity index (χ2n) is 6.39. The zero-order valence-corrected chi connectivity index (χ0v) is 15.8. The summed E-state index contributed by atoms with van der Waals surface area (Å²) in [5.41, 5.74) is 0.813. The van der Waals surface area contributed by atoms with Crippen LogP contribution in [-0.2, 0) is 4.79 Å². The molecular weight excluding hydrogens is 342 g/mol. The second-order valence-corrected chi connectivity index (χ2v) is 6.39. The lowest BCUT2D eigenvalue weighted by Crippen LogP contribution is -2.11. The molecule has 0 radical (unpaired) electrons. The number of carbonyl (C=O) groups is 1. The molecule has 0 aromatic heterocycles. The molecule has 27 heavy (non-hydrogen) atoms. The molecule has 0 fully saturated rings. The van der Waals surface area contributed by atoms with Crippen LogP contribution in [-0.4, -0.2) is 18.2 Å². The van der Waals surface area contributed by atoms with E-state index in [1.165, 1.54) is 31.8 Å². The summed E-state index contributed by atoms with van der Waals surface area (Å²) in [6, 6.07) is 13.2. The van der Waals surface area contributed by atoms with Crippen molar-refractivity contribution in [2.24, 2.45) is 4.99 Å². The number of isocyanates is 1. The highest BCUT2D eigenvalue weighted by atomic mass is 16.5. The predicted octanol–water partition coefficient (Wildman–Crippen LogP) is 5.61. The van der Waals surface area contributed by atoms with Crippen LogP contribution in [0.2, 0.25) is 0 Å². The van der Waals surface area contributed by atoms with Gasteiger partial charge >= 0.3 is 5.97 Å². The molecule has 2 aromatic rings. The SMILES string of the molecule is CCCCCC[C@@H](C)Oc1ccc(OC(=O)c2ccc(N=C=O)cc2)cc1. The van der Waals surface area contributed by atoms with Gasteiger partial charge in [0.05, 0.1) is 17.4 Å². The number of hydrogen-bond acceptors (Lipinski definition) is 5. The van der Waals surface area contributed by atoms with E-state index in [1.54, 1.807) is 48.5 Å². The fraction of sp³-hybridized carbons (Fsp3) is 0.364. The molecule has 5 heteroatoms. The fourth-order valence-electron chi connectivity index (χ4n) is 2.63. The van der Waals surface area contributed by atoms with Crippen molar-refractivity contribution in [1.82, 2.24) is 0 Å². The van der Waals surface area contributed by atoms with Crippen molar-refractivity contribution in [1.29, 1.82) is 0 Å². The lowest BCUT2D eigenvalue weighted by Gasteiger charge is -2.15. The number of esters is 1. The van der Waals surface area contributed by atoms with Gasteiger partial charge in [-0.2, -0.15) is 4.99 Å². The summed E-state index contributed by atoms with van der Waals surface area (Å²) in [4.78, 5) is 25.8. The lowest BCUT2D eigenvalue weighted by molar-refractivity contribution is 0.0734. The minimum Gasteiger partial charge on any atom is -0.491 e. The van der Waals surface area contributed by atoms with Gasteiger partial charge in [-0.25, -0.2) is 9.59 Å². The molecule has 0 aliphatic rings. The Balaban J connectivity index is 1.85. The van der Waals surface area contributed by atoms with Crippen LogP contribution in [0.15, 0.2) is 53.5 Å². The van der Waals surface area contributed by atoms with E-state index in [-0.39, 0.29) is 6.10 Å². The maximum atomic E-state index is 12.2. The van der Waals surface area contributed by atoms with Crippen LogP contribution in [0.3, 0.4) is 0 Å². The molecule has 0 aliphatic carbocycles. The Kier molecular flexibility index (Phi) is 8.27. The standard InChI is InChI=1S/C22H25NO4/c1-3-4-5-6-7-17(2)26-20-12-14-21(15-13-20)27-22(25)18-8-10-19(11-9-18)23-16-24/h8-15,17H,3-7H2,1-2H3/t17-/m1/s1. The molecule has 142 valence electrons. The number of nitrogens with zero attached hydrogens (tertiary/aromatic N) is 1. The van der Waals surface area contributed by atoms with E-state index in [9.17, 15) is 9.59 Å². The summed E-state index contributed by atoms with van der Waals surface area (Å²) in [6.45, 7) is 4.27. The third kappa shape index (κ3) is 7.08. The summed E-state index contributed by atoms with van der Waals surface area (Å²) < 4.78 is 11.2. The normalized spacial score (nSPS) is 11.3. The van der Waals surface area contributed by atoms with Crippen LogP contribution in [0.25, 0.3) is 0 Å². The van der Waals surface area contributed by atoms with Crippen LogP contribution >= 0.6 is 0 Å². The first-order chi connectivity index (χ1) is 13.1. The van der Waals surface area contributed by atoms with E-state index in [2.05, 4.69) is 18.8 Å². The molecule has 2 aromatic carbocycles. The van der Waals surface area contributed by atoms with Gasteiger partial charge < -0.3 is 9.47 Å². The summed E-state index contributed by atoms with van der Waals surface area (Å²) >= 11 is 0. The summed E-state index contributed by atoms with van der Waals surface area (Å²) in [6.07, 6.45) is 7.54. The van der Waals surface area contributed by atoms with Crippen molar-refractivity contribution >= 4 is 17.7 Å². The number of carbonyl (C=O) groups excluding carboxylic acids is 2. The molecule has 0 saturated carbocycles. The number of ether oxygens (including phenoxy) is 2. The lowest BCUT2D eigenvalue weighted by atomic mass is 10.1. The van der Waals surface area contributed by atoms with Gasteiger partial charge in [-0.1, -0.05) is 26.2 Å². The monoisotopic (exact) mass is 367 g/mol. The Morgan fingerprint density at radius 3 is 2.30 bits per heavy atom. The zero-order valence-electron chi connectivity index (χ0n) is 15.8. The van der Waals surface area contributed by atoms with Crippen molar-refractivity contribution in [3.63, 3.8) is 0 Å². The van der Waals surface area contributed by atoms with E-state index < -0.39 is 5.97 Å². The number of hydrogen-bond donors (Lipinski definition) is 0. The molecule has 0 aliphatic heterocycles. The van der Waals surface area contributed by atoms with Crippen molar-refractivity contribution in [2.45, 2.75) is 52.1 Å². The van der Waals surface area contributed by atoms with Gasteiger partial charge in [-0.3, -0.25) is 0 Å². The second kappa shape index (κ2) is 10.9. The molecule has 0 bridgehead atoms. The average molecular weight is 367 g/mol. The molecule has 0 unspecified atom stereocenters. The Morgan fingerprint density at radius 2 is 1.67 bits per heavy atom. The largest absolute Gasteiger partial charge is 0.491 e. The number of aliphatic imine (C=N–C) groups is 1. The smallest absolute Gasteiger partial charge is 0.343 e. The predicted molar refractivity (Wildman–Crippen MR) is 104 cm³/mol. The Bertz CT molecular complexity index is 762. The van der Waals surface area contributed by atoms with Crippen LogP contribution in [0.4, 0.5) is 5.69 Å². The molecule has 0 amide bonds. The first kappa shape index (κ1) is 20.4. The molecular formula is C22H25NO4. The Labute approximate surface area is 160 Å². The van der Waals surface area contributed by atoms with Gasteiger partial charge in [0.2, 0.25) is 6.08 Å². The van der Waals surface area contributed by atoms with E-state index in [0.29, 0.717) is 17.0 Å². The minimum atomic E-state index is -0.477. The van der Waals surface area contributed by atoms with E-state index in [4.69, 9.17) is 9.47 Å². The van der Waals surface area contributed by atoms with Gasteiger partial charge in [0.25, 0.3) is 0 Å². The van der Waals surface area contributed by atoms with Crippen molar-refractivity contribution in [3.05, 3.63) is 54.1 Å². The number of rotatable bonds is 10. The summed E-state index contributed by atoms with van der Waals surface area (Å²) in [7, 11) is 0. The third-order valence-electron chi connectivity index (χ3n) is 4.11. The molecule has 0 spiro atoms. The highest BCUT2D eigenvalue weighted by molar-refractivity contribution is 5.91. The maximum absolute atomic E-state index is 12.2. The molecule has 5 nitrogen and oxygen atoms in total. The molecule has 2 rings (SSSR count). The topological polar surface area (TPSA) is 65.0 Å². The zero-order chi connectivity index (χ0) is 19.5.